The average molecular weight is 254 g/mol. The maximum absolute atomic E-state index is 5.53. The van der Waals surface area contributed by atoms with Crippen LogP contribution in [0.3, 0.4) is 0 Å². The maximum atomic E-state index is 5.53. The summed E-state index contributed by atoms with van der Waals surface area (Å²) in [7, 11) is 0. The normalized spacial score (nSPS) is 12.8. The third-order valence-corrected chi connectivity index (χ3v) is 2.70. The van der Waals surface area contributed by atoms with Crippen LogP contribution in [0.2, 0.25) is 0 Å². The molecule has 0 aliphatic rings. The first-order valence-corrected chi connectivity index (χ1v) is 6.45. The highest BCUT2D eigenvalue weighted by atomic mass is 32.1. The monoisotopic (exact) mass is 254 g/mol. The SMILES string of the molecule is CC(C)(C)OOC(C)(C)c1ccc(CS)cc1. The Bertz CT molecular complexity index is 349. The lowest BCUT2D eigenvalue weighted by atomic mass is 9.97. The van der Waals surface area contributed by atoms with Crippen LogP contribution in [0.15, 0.2) is 24.3 Å². The molecule has 17 heavy (non-hydrogen) atoms. The standard InChI is InChI=1S/C14H22O2S/c1-13(2,3)15-16-14(4,5)12-8-6-11(10-17)7-9-12/h6-9,17H,10H2,1-5H3. The van der Waals surface area contributed by atoms with Crippen molar-refractivity contribution >= 4 is 12.6 Å². The van der Waals surface area contributed by atoms with Gasteiger partial charge in [0.15, 0.2) is 0 Å². The largest absolute Gasteiger partial charge is 0.230 e. The van der Waals surface area contributed by atoms with Gasteiger partial charge < -0.3 is 0 Å². The molecule has 96 valence electrons. The summed E-state index contributed by atoms with van der Waals surface area (Å²) in [4.78, 5) is 10.9. The summed E-state index contributed by atoms with van der Waals surface area (Å²) in [5.41, 5.74) is 1.53. The van der Waals surface area contributed by atoms with E-state index in [-0.39, 0.29) is 5.60 Å². The van der Waals surface area contributed by atoms with E-state index in [9.17, 15) is 0 Å². The molecule has 0 fully saturated rings. The van der Waals surface area contributed by atoms with Gasteiger partial charge in [0.2, 0.25) is 0 Å². The van der Waals surface area contributed by atoms with Gasteiger partial charge in [-0.15, -0.1) is 0 Å². The van der Waals surface area contributed by atoms with Crippen LogP contribution in [0.5, 0.6) is 0 Å². The summed E-state index contributed by atoms with van der Waals surface area (Å²) in [6.45, 7) is 9.89. The van der Waals surface area contributed by atoms with Crippen LogP contribution in [0.1, 0.15) is 45.7 Å². The van der Waals surface area contributed by atoms with Gasteiger partial charge >= 0.3 is 0 Å². The molecule has 0 N–H and O–H groups in total. The zero-order valence-corrected chi connectivity index (χ0v) is 12.2. The van der Waals surface area contributed by atoms with E-state index in [0.717, 1.165) is 11.3 Å². The van der Waals surface area contributed by atoms with E-state index >= 15 is 0 Å². The van der Waals surface area contributed by atoms with Crippen molar-refractivity contribution in [2.75, 3.05) is 0 Å². The molecule has 0 heterocycles. The molecule has 0 spiro atoms. The highest BCUT2D eigenvalue weighted by molar-refractivity contribution is 7.79. The van der Waals surface area contributed by atoms with E-state index in [1.165, 1.54) is 5.56 Å². The maximum Gasteiger partial charge on any atom is 0.123 e. The van der Waals surface area contributed by atoms with E-state index in [4.69, 9.17) is 9.78 Å². The molecule has 0 saturated carbocycles. The molecular weight excluding hydrogens is 232 g/mol. The van der Waals surface area contributed by atoms with Gasteiger partial charge in [-0.05, 0) is 45.7 Å². The van der Waals surface area contributed by atoms with Gasteiger partial charge in [0.1, 0.15) is 5.60 Å². The molecular formula is C14H22O2S. The fraction of sp³-hybridized carbons (Fsp3) is 0.571. The number of thiol groups is 1. The lowest BCUT2D eigenvalue weighted by Crippen LogP contribution is -2.28. The Hall–Kier alpha value is -0.510. The topological polar surface area (TPSA) is 18.5 Å². The quantitative estimate of drug-likeness (QED) is 0.495. The fourth-order valence-electron chi connectivity index (χ4n) is 1.29. The second kappa shape index (κ2) is 5.42. The first-order chi connectivity index (χ1) is 7.74. The molecule has 2 nitrogen and oxygen atoms in total. The first kappa shape index (κ1) is 14.6. The Morgan fingerprint density at radius 3 is 1.88 bits per heavy atom. The van der Waals surface area contributed by atoms with Crippen molar-refractivity contribution in [3.05, 3.63) is 35.4 Å². The van der Waals surface area contributed by atoms with Crippen LogP contribution in [0.4, 0.5) is 0 Å². The number of rotatable bonds is 4. The molecule has 0 aromatic heterocycles. The fourth-order valence-corrected chi connectivity index (χ4v) is 1.50. The minimum atomic E-state index is -0.456. The van der Waals surface area contributed by atoms with Crippen molar-refractivity contribution in [1.29, 1.82) is 0 Å². The molecule has 0 aliphatic heterocycles. The third-order valence-electron chi connectivity index (χ3n) is 2.33. The Labute approximate surface area is 110 Å². The zero-order valence-electron chi connectivity index (χ0n) is 11.3. The lowest BCUT2D eigenvalue weighted by molar-refractivity contribution is -0.401. The molecule has 0 amide bonds. The van der Waals surface area contributed by atoms with E-state index in [2.05, 4.69) is 36.9 Å². The van der Waals surface area contributed by atoms with Gasteiger partial charge in [-0.1, -0.05) is 24.3 Å². The predicted octanol–water partition coefficient (Wildman–Crippen LogP) is 4.10. The van der Waals surface area contributed by atoms with Gasteiger partial charge in [0, 0.05) is 5.75 Å². The van der Waals surface area contributed by atoms with Crippen LogP contribution in [-0.2, 0) is 21.1 Å². The Morgan fingerprint density at radius 1 is 0.941 bits per heavy atom. The summed E-state index contributed by atoms with van der Waals surface area (Å²) < 4.78 is 0. The molecule has 1 rings (SSSR count). The summed E-state index contributed by atoms with van der Waals surface area (Å²) >= 11 is 4.24. The summed E-state index contributed by atoms with van der Waals surface area (Å²) in [6.07, 6.45) is 0. The van der Waals surface area contributed by atoms with Crippen molar-refractivity contribution in [3.63, 3.8) is 0 Å². The van der Waals surface area contributed by atoms with Crippen LogP contribution < -0.4 is 0 Å². The Balaban J connectivity index is 2.74. The van der Waals surface area contributed by atoms with Crippen molar-refractivity contribution in [1.82, 2.24) is 0 Å². The second-order valence-electron chi connectivity index (χ2n) is 5.64. The van der Waals surface area contributed by atoms with E-state index in [1.807, 2.05) is 34.6 Å². The minimum absolute atomic E-state index is 0.303. The van der Waals surface area contributed by atoms with E-state index in [0.29, 0.717) is 0 Å². The molecule has 1 aromatic rings. The van der Waals surface area contributed by atoms with Crippen LogP contribution in [0.25, 0.3) is 0 Å². The molecule has 0 saturated heterocycles. The van der Waals surface area contributed by atoms with Gasteiger partial charge in [0.25, 0.3) is 0 Å². The average Bonchev–Trinajstić information content (AvgIpc) is 2.26. The molecule has 1 aromatic carbocycles. The van der Waals surface area contributed by atoms with E-state index < -0.39 is 5.60 Å². The third kappa shape index (κ3) is 4.70. The van der Waals surface area contributed by atoms with Gasteiger partial charge in [-0.3, -0.25) is 0 Å². The molecule has 0 aliphatic carbocycles. The number of hydrogen-bond donors (Lipinski definition) is 1. The van der Waals surface area contributed by atoms with Crippen LogP contribution in [-0.4, -0.2) is 5.60 Å². The predicted molar refractivity (Wildman–Crippen MR) is 74.1 cm³/mol. The highest BCUT2D eigenvalue weighted by Gasteiger charge is 2.25. The van der Waals surface area contributed by atoms with E-state index in [1.54, 1.807) is 0 Å². The van der Waals surface area contributed by atoms with Crippen molar-refractivity contribution in [2.45, 2.75) is 51.6 Å². The Kier molecular flexibility index (Phi) is 4.64. The summed E-state index contributed by atoms with van der Waals surface area (Å²) in [5, 5.41) is 0. The molecule has 0 atom stereocenters. The summed E-state index contributed by atoms with van der Waals surface area (Å²) in [5.74, 6) is 0.750. The van der Waals surface area contributed by atoms with Crippen molar-refractivity contribution in [2.24, 2.45) is 0 Å². The molecule has 0 bridgehead atoms. The Morgan fingerprint density at radius 2 is 1.47 bits per heavy atom. The van der Waals surface area contributed by atoms with Crippen LogP contribution in [0, 0.1) is 0 Å². The smallest absolute Gasteiger partial charge is 0.123 e. The number of hydrogen-bond acceptors (Lipinski definition) is 3. The highest BCUT2D eigenvalue weighted by Crippen LogP contribution is 2.27. The van der Waals surface area contributed by atoms with Gasteiger partial charge in [-0.25, -0.2) is 9.78 Å². The van der Waals surface area contributed by atoms with Gasteiger partial charge in [-0.2, -0.15) is 12.6 Å². The number of benzene rings is 1. The van der Waals surface area contributed by atoms with Crippen molar-refractivity contribution in [3.8, 4) is 0 Å². The molecule has 0 unspecified atom stereocenters. The summed E-state index contributed by atoms with van der Waals surface area (Å²) in [6, 6.07) is 8.23. The van der Waals surface area contributed by atoms with Crippen molar-refractivity contribution < 1.29 is 9.78 Å². The molecule has 3 heteroatoms. The lowest BCUT2D eigenvalue weighted by Gasteiger charge is -2.29. The first-order valence-electron chi connectivity index (χ1n) is 5.82. The zero-order chi connectivity index (χ0) is 13.1. The van der Waals surface area contributed by atoms with Crippen LogP contribution >= 0.6 is 12.6 Å². The van der Waals surface area contributed by atoms with Gasteiger partial charge in [0.05, 0.1) is 5.60 Å². The second-order valence-corrected chi connectivity index (χ2v) is 5.96. The minimum Gasteiger partial charge on any atom is -0.230 e. The molecule has 0 radical (unpaired) electrons.